The number of rotatable bonds is 3. The second-order valence-electron chi connectivity index (χ2n) is 4.53. The van der Waals surface area contributed by atoms with Crippen LogP contribution in [0.1, 0.15) is 25.3 Å². The molecule has 1 atom stereocenters. The van der Waals surface area contributed by atoms with Crippen molar-refractivity contribution in [1.82, 2.24) is 5.32 Å². The van der Waals surface area contributed by atoms with Crippen LogP contribution in [0.4, 0.5) is 5.69 Å². The summed E-state index contributed by atoms with van der Waals surface area (Å²) in [7, 11) is 1.99. The van der Waals surface area contributed by atoms with Gasteiger partial charge >= 0.3 is 0 Å². The van der Waals surface area contributed by atoms with Crippen molar-refractivity contribution in [2.45, 2.75) is 32.4 Å². The molecule has 1 aromatic carbocycles. The highest BCUT2D eigenvalue weighted by molar-refractivity contribution is 9.10. The van der Waals surface area contributed by atoms with E-state index in [0.717, 1.165) is 6.54 Å². The Labute approximate surface area is 106 Å². The molecule has 1 aliphatic rings. The molecule has 0 aliphatic carbocycles. The third-order valence-corrected chi connectivity index (χ3v) is 3.67. The van der Waals surface area contributed by atoms with Crippen LogP contribution in [0.2, 0.25) is 0 Å². The summed E-state index contributed by atoms with van der Waals surface area (Å²) in [6.07, 6.45) is 2.63. The Morgan fingerprint density at radius 3 is 2.88 bits per heavy atom. The molecule has 0 saturated carbocycles. The maximum atomic E-state index is 3.60. The lowest BCUT2D eigenvalue weighted by molar-refractivity contribution is 0.733. The molecule has 0 aromatic heterocycles. The zero-order valence-corrected chi connectivity index (χ0v) is 11.5. The molecule has 1 aliphatic heterocycles. The summed E-state index contributed by atoms with van der Waals surface area (Å²) < 4.78 is 1.18. The van der Waals surface area contributed by atoms with Crippen molar-refractivity contribution in [2.75, 3.05) is 18.5 Å². The number of nitrogens with one attached hydrogen (secondary N) is 1. The van der Waals surface area contributed by atoms with Gasteiger partial charge in [-0.15, -0.1) is 0 Å². The van der Waals surface area contributed by atoms with Crippen molar-refractivity contribution >= 4 is 21.6 Å². The highest BCUT2D eigenvalue weighted by atomic mass is 79.9. The zero-order valence-electron chi connectivity index (χ0n) is 9.96. The SMILES string of the molecule is CNCc1cc(Br)cc(N2CCC[C@H]2C)c1. The molecular weight excluding hydrogens is 264 g/mol. The Kier molecular flexibility index (Phi) is 3.87. The molecule has 0 radical (unpaired) electrons. The minimum atomic E-state index is 0.678. The average molecular weight is 283 g/mol. The Morgan fingerprint density at radius 1 is 1.44 bits per heavy atom. The minimum Gasteiger partial charge on any atom is -0.369 e. The first-order chi connectivity index (χ1) is 7.70. The fraction of sp³-hybridized carbons (Fsp3) is 0.538. The first kappa shape index (κ1) is 11.9. The van der Waals surface area contributed by atoms with Gasteiger partial charge in [-0.1, -0.05) is 15.9 Å². The van der Waals surface area contributed by atoms with E-state index in [2.05, 4.69) is 51.3 Å². The van der Waals surface area contributed by atoms with Gasteiger partial charge in [0.15, 0.2) is 0 Å². The third-order valence-electron chi connectivity index (χ3n) is 3.21. The lowest BCUT2D eigenvalue weighted by Gasteiger charge is -2.24. The van der Waals surface area contributed by atoms with E-state index in [9.17, 15) is 0 Å². The molecule has 0 bridgehead atoms. The maximum Gasteiger partial charge on any atom is 0.0383 e. The summed E-state index contributed by atoms with van der Waals surface area (Å²) in [6.45, 7) is 4.43. The quantitative estimate of drug-likeness (QED) is 0.916. The summed E-state index contributed by atoms with van der Waals surface area (Å²) >= 11 is 3.60. The van der Waals surface area contributed by atoms with E-state index in [1.807, 2.05) is 7.05 Å². The largest absolute Gasteiger partial charge is 0.369 e. The first-order valence-corrected chi connectivity index (χ1v) is 6.70. The van der Waals surface area contributed by atoms with E-state index in [1.165, 1.54) is 35.1 Å². The molecule has 1 heterocycles. The van der Waals surface area contributed by atoms with Crippen molar-refractivity contribution in [3.63, 3.8) is 0 Å². The molecule has 88 valence electrons. The van der Waals surface area contributed by atoms with Crippen molar-refractivity contribution in [3.05, 3.63) is 28.2 Å². The highest BCUT2D eigenvalue weighted by Crippen LogP contribution is 2.29. The molecule has 0 spiro atoms. The van der Waals surface area contributed by atoms with Gasteiger partial charge in [-0.05, 0) is 50.6 Å². The molecule has 1 fully saturated rings. The molecule has 0 amide bonds. The second-order valence-corrected chi connectivity index (χ2v) is 5.45. The topological polar surface area (TPSA) is 15.3 Å². The fourth-order valence-corrected chi connectivity index (χ4v) is 2.95. The Balaban J connectivity index is 2.25. The second kappa shape index (κ2) is 5.19. The summed E-state index contributed by atoms with van der Waals surface area (Å²) in [5.74, 6) is 0. The smallest absolute Gasteiger partial charge is 0.0383 e. The summed E-state index contributed by atoms with van der Waals surface area (Å²) in [4.78, 5) is 2.50. The molecule has 1 saturated heterocycles. The van der Waals surface area contributed by atoms with Crippen molar-refractivity contribution in [2.24, 2.45) is 0 Å². The molecule has 16 heavy (non-hydrogen) atoms. The van der Waals surface area contributed by atoms with Crippen molar-refractivity contribution < 1.29 is 0 Å². The number of halogens is 1. The third kappa shape index (κ3) is 2.58. The van der Waals surface area contributed by atoms with Crippen LogP contribution in [0, 0.1) is 0 Å². The van der Waals surface area contributed by atoms with Gasteiger partial charge in [-0.2, -0.15) is 0 Å². The van der Waals surface area contributed by atoms with Crippen molar-refractivity contribution in [1.29, 1.82) is 0 Å². The van der Waals surface area contributed by atoms with E-state index in [-0.39, 0.29) is 0 Å². The van der Waals surface area contributed by atoms with Gasteiger partial charge in [0, 0.05) is 29.3 Å². The minimum absolute atomic E-state index is 0.678. The van der Waals surface area contributed by atoms with Gasteiger partial charge < -0.3 is 10.2 Å². The standard InChI is InChI=1S/C13H19BrN2/c1-10-4-3-5-16(10)13-7-11(9-15-2)6-12(14)8-13/h6-8,10,15H,3-5,9H2,1-2H3/t10-/m1/s1. The van der Waals surface area contributed by atoms with Crippen LogP contribution in [-0.2, 0) is 6.54 Å². The van der Waals surface area contributed by atoms with Crippen molar-refractivity contribution in [3.8, 4) is 0 Å². The number of anilines is 1. The van der Waals surface area contributed by atoms with E-state index < -0.39 is 0 Å². The molecule has 1 N–H and O–H groups in total. The van der Waals surface area contributed by atoms with Gasteiger partial charge in [-0.3, -0.25) is 0 Å². The van der Waals surface area contributed by atoms with Gasteiger partial charge in [0.25, 0.3) is 0 Å². The van der Waals surface area contributed by atoms with Gasteiger partial charge in [0.2, 0.25) is 0 Å². The molecule has 2 rings (SSSR count). The number of hydrogen-bond acceptors (Lipinski definition) is 2. The number of hydrogen-bond donors (Lipinski definition) is 1. The van der Waals surface area contributed by atoms with Gasteiger partial charge in [0.05, 0.1) is 0 Å². The highest BCUT2D eigenvalue weighted by Gasteiger charge is 2.20. The van der Waals surface area contributed by atoms with Gasteiger partial charge in [0.1, 0.15) is 0 Å². The van der Waals surface area contributed by atoms with Crippen LogP contribution in [0.3, 0.4) is 0 Å². The van der Waals surface area contributed by atoms with Gasteiger partial charge in [-0.25, -0.2) is 0 Å². The van der Waals surface area contributed by atoms with E-state index in [4.69, 9.17) is 0 Å². The lowest BCUT2D eigenvalue weighted by Crippen LogP contribution is -2.26. The predicted molar refractivity (Wildman–Crippen MR) is 72.9 cm³/mol. The number of nitrogens with zero attached hydrogens (tertiary/aromatic N) is 1. The van der Waals surface area contributed by atoms with Crippen LogP contribution in [0.5, 0.6) is 0 Å². The molecule has 1 aromatic rings. The summed E-state index contributed by atoms with van der Waals surface area (Å²) in [6, 6.07) is 7.38. The van der Waals surface area contributed by atoms with E-state index in [1.54, 1.807) is 0 Å². The molecule has 0 unspecified atom stereocenters. The van der Waals surface area contributed by atoms with Crippen LogP contribution < -0.4 is 10.2 Å². The van der Waals surface area contributed by atoms with Crippen LogP contribution in [0.15, 0.2) is 22.7 Å². The predicted octanol–water partition coefficient (Wildman–Crippen LogP) is 3.16. The Hall–Kier alpha value is -0.540. The number of benzene rings is 1. The molecular formula is C13H19BrN2. The summed E-state index contributed by atoms with van der Waals surface area (Å²) in [5, 5.41) is 3.20. The zero-order chi connectivity index (χ0) is 11.5. The van der Waals surface area contributed by atoms with E-state index in [0.29, 0.717) is 6.04 Å². The average Bonchev–Trinajstić information content (AvgIpc) is 2.64. The maximum absolute atomic E-state index is 3.60. The lowest BCUT2D eigenvalue weighted by atomic mass is 10.1. The fourth-order valence-electron chi connectivity index (χ4n) is 2.42. The van der Waals surface area contributed by atoms with Crippen LogP contribution in [0.25, 0.3) is 0 Å². The Bertz CT molecular complexity index is 365. The van der Waals surface area contributed by atoms with E-state index >= 15 is 0 Å². The molecule has 2 nitrogen and oxygen atoms in total. The molecule has 3 heteroatoms. The van der Waals surface area contributed by atoms with Crippen LogP contribution >= 0.6 is 15.9 Å². The summed E-state index contributed by atoms with van der Waals surface area (Å²) in [5.41, 5.74) is 2.69. The monoisotopic (exact) mass is 282 g/mol. The Morgan fingerprint density at radius 2 is 2.25 bits per heavy atom. The normalized spacial score (nSPS) is 20.4. The first-order valence-electron chi connectivity index (χ1n) is 5.91. The van der Waals surface area contributed by atoms with Crippen LogP contribution in [-0.4, -0.2) is 19.6 Å².